The van der Waals surface area contributed by atoms with Crippen LogP contribution in [0.3, 0.4) is 0 Å². The first-order chi connectivity index (χ1) is 9.85. The van der Waals surface area contributed by atoms with Gasteiger partial charge in [-0.25, -0.2) is 4.79 Å². The van der Waals surface area contributed by atoms with E-state index in [1.165, 1.54) is 0 Å². The van der Waals surface area contributed by atoms with Gasteiger partial charge in [0.2, 0.25) is 5.91 Å². The van der Waals surface area contributed by atoms with Crippen LogP contribution >= 0.6 is 11.8 Å². The maximum absolute atomic E-state index is 12.3. The molecule has 0 aromatic heterocycles. The molecule has 0 aliphatic carbocycles. The van der Waals surface area contributed by atoms with Gasteiger partial charge >= 0.3 is 5.97 Å². The van der Waals surface area contributed by atoms with Gasteiger partial charge in [0.15, 0.2) is 0 Å². The summed E-state index contributed by atoms with van der Waals surface area (Å²) in [4.78, 5) is 27.1. The normalized spacial score (nSPS) is 21.2. The van der Waals surface area contributed by atoms with Gasteiger partial charge in [-0.1, -0.05) is 18.7 Å². The number of esters is 1. The van der Waals surface area contributed by atoms with E-state index in [9.17, 15) is 9.59 Å². The van der Waals surface area contributed by atoms with Crippen LogP contribution in [0.2, 0.25) is 0 Å². The minimum absolute atomic E-state index is 0.0166. The van der Waals surface area contributed by atoms with E-state index in [0.717, 1.165) is 27.7 Å². The van der Waals surface area contributed by atoms with Crippen molar-refractivity contribution >= 4 is 23.6 Å². The molecule has 116 valence electrons. The van der Waals surface area contributed by atoms with Gasteiger partial charge in [0.05, 0.1) is 23.1 Å². The highest BCUT2D eigenvalue weighted by atomic mass is 32.2. The fourth-order valence-corrected chi connectivity index (χ4v) is 3.85. The fourth-order valence-electron chi connectivity index (χ4n) is 2.57. The predicted octanol–water partition coefficient (Wildman–Crippen LogP) is 2.22. The highest BCUT2D eigenvalue weighted by Crippen LogP contribution is 2.49. The molecule has 0 spiro atoms. The Bertz CT molecular complexity index is 537. The van der Waals surface area contributed by atoms with E-state index in [0.29, 0.717) is 6.42 Å². The van der Waals surface area contributed by atoms with Gasteiger partial charge in [-0.2, -0.15) is 0 Å². The summed E-state index contributed by atoms with van der Waals surface area (Å²) in [6.45, 7) is 8.44. The molecule has 2 aliphatic heterocycles. The van der Waals surface area contributed by atoms with Crippen LogP contribution in [0.1, 0.15) is 34.1 Å². The standard InChI is InChI=1S/C15H22N2O3S/c1-8(2)20-15(19)13-9(3)7-17-11(6-12(18)16-5)10(4)21-14(13)17/h8-9H,6-7H2,1-5H3,(H,16,18). The molecule has 1 atom stereocenters. The molecule has 0 aromatic carbocycles. The molecular weight excluding hydrogens is 288 g/mol. The van der Waals surface area contributed by atoms with Crippen molar-refractivity contribution in [3.8, 4) is 0 Å². The average Bonchev–Trinajstić information content (AvgIpc) is 2.84. The van der Waals surface area contributed by atoms with Crippen LogP contribution in [0.5, 0.6) is 0 Å². The Hall–Kier alpha value is -1.43. The van der Waals surface area contributed by atoms with Crippen molar-refractivity contribution in [2.24, 2.45) is 5.92 Å². The zero-order valence-electron chi connectivity index (χ0n) is 13.1. The molecule has 5 nitrogen and oxygen atoms in total. The second-order valence-corrected chi connectivity index (χ2v) is 6.84. The monoisotopic (exact) mass is 310 g/mol. The number of rotatable bonds is 4. The number of hydrogen-bond donors (Lipinski definition) is 1. The lowest BCUT2D eigenvalue weighted by molar-refractivity contribution is -0.143. The Morgan fingerprint density at radius 1 is 1.48 bits per heavy atom. The summed E-state index contributed by atoms with van der Waals surface area (Å²) in [7, 11) is 1.63. The first-order valence-electron chi connectivity index (χ1n) is 7.16. The second-order valence-electron chi connectivity index (χ2n) is 5.64. The lowest BCUT2D eigenvalue weighted by atomic mass is 10.1. The third-order valence-electron chi connectivity index (χ3n) is 3.58. The molecule has 0 radical (unpaired) electrons. The van der Waals surface area contributed by atoms with Gasteiger partial charge in [-0.15, -0.1) is 0 Å². The number of fused-ring (bicyclic) bond motifs is 1. The third-order valence-corrected chi connectivity index (χ3v) is 4.75. The summed E-state index contributed by atoms with van der Waals surface area (Å²) >= 11 is 1.57. The largest absolute Gasteiger partial charge is 0.460 e. The number of nitrogens with zero attached hydrogens (tertiary/aromatic N) is 1. The fraction of sp³-hybridized carbons (Fsp3) is 0.600. The van der Waals surface area contributed by atoms with Crippen LogP contribution < -0.4 is 5.32 Å². The highest BCUT2D eigenvalue weighted by Gasteiger charge is 2.40. The zero-order valence-corrected chi connectivity index (χ0v) is 14.0. The molecule has 0 aromatic rings. The van der Waals surface area contributed by atoms with Crippen LogP contribution in [0.15, 0.2) is 21.2 Å². The molecule has 1 amide bonds. The number of allylic oxidation sites excluding steroid dienone is 1. The van der Waals surface area contributed by atoms with Crippen molar-refractivity contribution in [3.05, 3.63) is 21.2 Å². The van der Waals surface area contributed by atoms with Crippen LogP contribution in [-0.4, -0.2) is 36.5 Å². The molecular formula is C15H22N2O3S. The number of hydrogen-bond acceptors (Lipinski definition) is 5. The van der Waals surface area contributed by atoms with Gasteiger partial charge in [-0.3, -0.25) is 4.79 Å². The van der Waals surface area contributed by atoms with Crippen molar-refractivity contribution in [2.45, 2.75) is 40.2 Å². The summed E-state index contributed by atoms with van der Waals surface area (Å²) < 4.78 is 5.35. The molecule has 2 rings (SSSR count). The third kappa shape index (κ3) is 3.10. The SMILES string of the molecule is CNC(=O)CC1=C(C)SC2=C(C(=O)OC(C)C)C(C)CN12. The Balaban J connectivity index is 2.25. The zero-order chi connectivity index (χ0) is 15.7. The van der Waals surface area contributed by atoms with Crippen molar-refractivity contribution < 1.29 is 14.3 Å². The van der Waals surface area contributed by atoms with Gasteiger partial charge in [0, 0.05) is 30.1 Å². The van der Waals surface area contributed by atoms with Crippen molar-refractivity contribution in [1.29, 1.82) is 0 Å². The van der Waals surface area contributed by atoms with Crippen molar-refractivity contribution in [1.82, 2.24) is 10.2 Å². The molecule has 2 aliphatic rings. The summed E-state index contributed by atoms with van der Waals surface area (Å²) in [5, 5.41) is 3.58. The van der Waals surface area contributed by atoms with Crippen LogP contribution in [-0.2, 0) is 14.3 Å². The molecule has 21 heavy (non-hydrogen) atoms. The number of carbonyl (C=O) groups is 2. The quantitative estimate of drug-likeness (QED) is 0.807. The number of ether oxygens (including phenoxy) is 1. The molecule has 1 unspecified atom stereocenters. The van der Waals surface area contributed by atoms with Crippen LogP contribution in [0, 0.1) is 5.92 Å². The first kappa shape index (κ1) is 15.9. The predicted molar refractivity (Wildman–Crippen MR) is 83.1 cm³/mol. The number of amides is 1. The molecule has 6 heteroatoms. The second kappa shape index (κ2) is 6.13. The summed E-state index contributed by atoms with van der Waals surface area (Å²) in [5.41, 5.74) is 1.73. The molecule has 1 N–H and O–H groups in total. The first-order valence-corrected chi connectivity index (χ1v) is 7.97. The summed E-state index contributed by atoms with van der Waals surface area (Å²) in [6, 6.07) is 0. The van der Waals surface area contributed by atoms with E-state index in [4.69, 9.17) is 4.74 Å². The van der Waals surface area contributed by atoms with E-state index in [1.807, 2.05) is 27.7 Å². The van der Waals surface area contributed by atoms with E-state index >= 15 is 0 Å². The van der Waals surface area contributed by atoms with Gasteiger partial charge in [-0.05, 0) is 20.8 Å². The lowest BCUT2D eigenvalue weighted by Gasteiger charge is -2.18. The van der Waals surface area contributed by atoms with E-state index in [2.05, 4.69) is 10.2 Å². The highest BCUT2D eigenvalue weighted by molar-refractivity contribution is 8.07. The van der Waals surface area contributed by atoms with Crippen molar-refractivity contribution in [3.63, 3.8) is 0 Å². The number of carbonyl (C=O) groups excluding carboxylic acids is 2. The lowest BCUT2D eigenvalue weighted by Crippen LogP contribution is -2.24. The van der Waals surface area contributed by atoms with Gasteiger partial charge in [0.1, 0.15) is 0 Å². The maximum atomic E-state index is 12.3. The smallest absolute Gasteiger partial charge is 0.337 e. The molecule has 0 saturated carbocycles. The van der Waals surface area contributed by atoms with Gasteiger partial charge in [0.25, 0.3) is 0 Å². The maximum Gasteiger partial charge on any atom is 0.337 e. The Morgan fingerprint density at radius 2 is 2.14 bits per heavy atom. The Labute approximate surface area is 129 Å². The molecule has 2 heterocycles. The van der Waals surface area contributed by atoms with Crippen LogP contribution in [0.4, 0.5) is 0 Å². The van der Waals surface area contributed by atoms with Crippen LogP contribution in [0.25, 0.3) is 0 Å². The van der Waals surface area contributed by atoms with Crippen molar-refractivity contribution in [2.75, 3.05) is 13.6 Å². The molecule has 0 fully saturated rings. The summed E-state index contributed by atoms with van der Waals surface area (Å²) in [5.74, 6) is -0.139. The Kier molecular flexibility index (Phi) is 4.66. The molecule has 0 saturated heterocycles. The van der Waals surface area contributed by atoms with E-state index < -0.39 is 0 Å². The van der Waals surface area contributed by atoms with E-state index in [1.54, 1.807) is 18.8 Å². The number of nitrogens with one attached hydrogen (secondary N) is 1. The van der Waals surface area contributed by atoms with E-state index in [-0.39, 0.29) is 23.9 Å². The summed E-state index contributed by atoms with van der Waals surface area (Å²) in [6.07, 6.45) is 0.218. The van der Waals surface area contributed by atoms with Gasteiger partial charge < -0.3 is 15.0 Å². The Morgan fingerprint density at radius 3 is 2.71 bits per heavy atom. The minimum Gasteiger partial charge on any atom is -0.460 e. The molecule has 0 bridgehead atoms. The topological polar surface area (TPSA) is 58.6 Å². The minimum atomic E-state index is -0.239. The average molecular weight is 310 g/mol. The number of thioether (sulfide) groups is 1.